The third kappa shape index (κ3) is 3.68. The molecule has 3 aliphatic rings. The Morgan fingerprint density at radius 1 is 1.22 bits per heavy atom. The minimum atomic E-state index is -2.49. The zero-order valence-electron chi connectivity index (χ0n) is 20.7. The SMILES string of the molecule is CNC(=O)N1N=C(c2ccc(N3CC4(CCS4(O)O)C3)cc2)c2cc(OC)c(OC)c(F)c2CC1C. The van der Waals surface area contributed by atoms with Crippen LogP contribution in [0.2, 0.25) is 0 Å². The highest BCUT2D eigenvalue weighted by molar-refractivity contribution is 8.26. The summed E-state index contributed by atoms with van der Waals surface area (Å²) in [4.78, 5) is 14.8. The van der Waals surface area contributed by atoms with Crippen molar-refractivity contribution >= 4 is 28.0 Å². The normalized spacial score (nSPS) is 22.4. The van der Waals surface area contributed by atoms with Crippen LogP contribution in [0.3, 0.4) is 0 Å². The second-order valence-corrected chi connectivity index (χ2v) is 12.2. The number of ether oxygens (including phenoxy) is 2. The number of halogens is 1. The van der Waals surface area contributed by atoms with Crippen molar-refractivity contribution in [2.24, 2.45) is 5.10 Å². The van der Waals surface area contributed by atoms with E-state index in [0.29, 0.717) is 41.2 Å². The van der Waals surface area contributed by atoms with Gasteiger partial charge in [0.25, 0.3) is 0 Å². The van der Waals surface area contributed by atoms with Gasteiger partial charge in [0.2, 0.25) is 0 Å². The van der Waals surface area contributed by atoms with Crippen molar-refractivity contribution in [2.75, 3.05) is 45.0 Å². The molecule has 0 aromatic heterocycles. The van der Waals surface area contributed by atoms with Gasteiger partial charge < -0.3 is 19.7 Å². The second-order valence-electron chi connectivity index (χ2n) is 9.56. The Hall–Kier alpha value is -3.02. The summed E-state index contributed by atoms with van der Waals surface area (Å²) < 4.78 is 46.3. The number of hydrogen-bond acceptors (Lipinski definition) is 7. The molecule has 194 valence electrons. The minimum Gasteiger partial charge on any atom is -0.493 e. The van der Waals surface area contributed by atoms with Crippen LogP contribution in [0.1, 0.15) is 30.0 Å². The van der Waals surface area contributed by atoms with Crippen LogP contribution >= 0.6 is 10.6 Å². The molecule has 0 bridgehead atoms. The van der Waals surface area contributed by atoms with Crippen LogP contribution in [0.15, 0.2) is 35.4 Å². The molecular weight excluding hydrogens is 487 g/mol. The number of anilines is 1. The largest absolute Gasteiger partial charge is 0.493 e. The van der Waals surface area contributed by atoms with Crippen molar-refractivity contribution in [3.8, 4) is 11.5 Å². The zero-order chi connectivity index (χ0) is 25.8. The molecule has 1 unspecified atom stereocenters. The number of hydrazone groups is 1. The van der Waals surface area contributed by atoms with Gasteiger partial charge >= 0.3 is 6.03 Å². The van der Waals surface area contributed by atoms with E-state index in [9.17, 15) is 13.9 Å². The topological polar surface area (TPSA) is 107 Å². The average molecular weight is 519 g/mol. The maximum atomic E-state index is 15.6. The first-order valence-electron chi connectivity index (χ1n) is 11.8. The number of fused-ring (bicyclic) bond motifs is 1. The van der Waals surface area contributed by atoms with E-state index in [1.165, 1.54) is 26.3 Å². The minimum absolute atomic E-state index is 0.0141. The lowest BCUT2D eigenvalue weighted by molar-refractivity contribution is 0.184. The van der Waals surface area contributed by atoms with Crippen LogP contribution in [0, 0.1) is 5.82 Å². The van der Waals surface area contributed by atoms with Crippen LogP contribution in [0.25, 0.3) is 0 Å². The van der Waals surface area contributed by atoms with Gasteiger partial charge in [-0.1, -0.05) is 12.1 Å². The summed E-state index contributed by atoms with van der Waals surface area (Å²) in [6.45, 7) is 3.04. The molecule has 2 fully saturated rings. The van der Waals surface area contributed by atoms with E-state index in [4.69, 9.17) is 9.47 Å². The first-order valence-corrected chi connectivity index (χ1v) is 13.5. The summed E-state index contributed by atoms with van der Waals surface area (Å²) in [5.74, 6) is 0.209. The molecule has 2 aromatic carbocycles. The Bertz CT molecular complexity index is 1230. The fourth-order valence-electron chi connectivity index (χ4n) is 5.22. The molecule has 11 heteroatoms. The van der Waals surface area contributed by atoms with Gasteiger partial charge in [0, 0.05) is 48.3 Å². The predicted molar refractivity (Wildman–Crippen MR) is 138 cm³/mol. The lowest BCUT2D eigenvalue weighted by Crippen LogP contribution is -2.69. The third-order valence-electron chi connectivity index (χ3n) is 7.51. The van der Waals surface area contributed by atoms with Crippen LogP contribution in [0.4, 0.5) is 14.9 Å². The molecule has 1 atom stereocenters. The van der Waals surface area contributed by atoms with Crippen molar-refractivity contribution in [1.82, 2.24) is 10.3 Å². The number of carbonyl (C=O) groups excluding carboxylic acids is 1. The molecule has 0 saturated carbocycles. The lowest BCUT2D eigenvalue weighted by Gasteiger charge is -2.67. The van der Waals surface area contributed by atoms with E-state index in [0.717, 1.165) is 12.1 Å². The first kappa shape index (κ1) is 24.7. The van der Waals surface area contributed by atoms with Crippen molar-refractivity contribution in [2.45, 2.75) is 30.6 Å². The summed E-state index contributed by atoms with van der Waals surface area (Å²) in [5, 5.41) is 8.63. The van der Waals surface area contributed by atoms with Gasteiger partial charge in [0.1, 0.15) is 0 Å². The molecule has 0 aliphatic carbocycles. The highest BCUT2D eigenvalue weighted by atomic mass is 32.3. The molecule has 5 rings (SSSR count). The molecule has 2 saturated heterocycles. The monoisotopic (exact) mass is 518 g/mol. The molecule has 3 N–H and O–H groups in total. The highest BCUT2D eigenvalue weighted by Gasteiger charge is 2.59. The molecule has 36 heavy (non-hydrogen) atoms. The average Bonchev–Trinajstić information content (AvgIpc) is 2.99. The van der Waals surface area contributed by atoms with Crippen LogP contribution < -0.4 is 19.7 Å². The van der Waals surface area contributed by atoms with Crippen molar-refractivity contribution in [3.63, 3.8) is 0 Å². The Labute approximate surface area is 211 Å². The summed E-state index contributed by atoms with van der Waals surface area (Å²) >= 11 is 0. The standard InChI is InChI=1S/C25H31FN4O5S/c1-15-11-18-19(12-20(34-3)23(35-4)21(18)26)22(28-30(15)24(31)27-2)16-5-7-17(8-6-16)29-13-25(14-29)9-10-36(25,32)33/h5-8,12,15,32-33H,9-11,13-14H2,1-4H3,(H,27,31). The van der Waals surface area contributed by atoms with Gasteiger partial charge in [-0.3, -0.25) is 9.11 Å². The quantitative estimate of drug-likeness (QED) is 0.567. The predicted octanol–water partition coefficient (Wildman–Crippen LogP) is 3.89. The van der Waals surface area contributed by atoms with Gasteiger partial charge in [-0.05, 0) is 38.0 Å². The van der Waals surface area contributed by atoms with Gasteiger partial charge in [0.05, 0.1) is 30.7 Å². The Morgan fingerprint density at radius 3 is 2.44 bits per heavy atom. The molecule has 2 amide bonds. The van der Waals surface area contributed by atoms with Crippen LogP contribution in [-0.4, -0.2) is 76.8 Å². The number of nitrogens with one attached hydrogen (secondary N) is 1. The molecule has 3 aliphatic heterocycles. The first-order chi connectivity index (χ1) is 17.1. The van der Waals surface area contributed by atoms with E-state index in [1.54, 1.807) is 6.07 Å². The van der Waals surface area contributed by atoms with Crippen molar-refractivity contribution < 1.29 is 27.8 Å². The number of urea groups is 1. The van der Waals surface area contributed by atoms with E-state index in [2.05, 4.69) is 15.3 Å². The molecule has 0 radical (unpaired) electrons. The van der Waals surface area contributed by atoms with Crippen molar-refractivity contribution in [1.29, 1.82) is 0 Å². The summed E-state index contributed by atoms with van der Waals surface area (Å²) in [5.41, 5.74) is 3.03. The smallest absolute Gasteiger partial charge is 0.337 e. The van der Waals surface area contributed by atoms with E-state index < -0.39 is 28.5 Å². The summed E-state index contributed by atoms with van der Waals surface area (Å²) in [6.07, 6.45) is 1.07. The van der Waals surface area contributed by atoms with Crippen molar-refractivity contribution in [3.05, 3.63) is 52.8 Å². The molecular formula is C25H31FN4O5S. The summed E-state index contributed by atoms with van der Waals surface area (Å²) in [7, 11) is 1.88. The number of hydrogen-bond donors (Lipinski definition) is 3. The third-order valence-corrected chi connectivity index (χ3v) is 10.1. The number of carbonyl (C=O) groups is 1. The second kappa shape index (κ2) is 8.82. The maximum Gasteiger partial charge on any atom is 0.337 e. The molecule has 2 aromatic rings. The Kier molecular flexibility index (Phi) is 6.05. The van der Waals surface area contributed by atoms with Gasteiger partial charge in [-0.15, -0.1) is 0 Å². The summed E-state index contributed by atoms with van der Waals surface area (Å²) in [6, 6.07) is 8.53. The van der Waals surface area contributed by atoms with E-state index in [-0.39, 0.29) is 22.7 Å². The van der Waals surface area contributed by atoms with Gasteiger partial charge in [-0.2, -0.15) is 15.7 Å². The fraction of sp³-hybridized carbons (Fsp3) is 0.440. The maximum absolute atomic E-state index is 15.6. The van der Waals surface area contributed by atoms with Crippen LogP contribution in [0.5, 0.6) is 11.5 Å². The number of rotatable bonds is 4. The Morgan fingerprint density at radius 2 is 1.92 bits per heavy atom. The van der Waals surface area contributed by atoms with Gasteiger partial charge in [-0.25, -0.2) is 14.2 Å². The van der Waals surface area contributed by atoms with E-state index >= 15 is 4.39 Å². The Balaban J connectivity index is 1.54. The molecule has 9 nitrogen and oxygen atoms in total. The molecule has 3 heterocycles. The number of methoxy groups -OCH3 is 2. The lowest BCUT2D eigenvalue weighted by atomic mass is 9.92. The number of benzene rings is 2. The highest BCUT2D eigenvalue weighted by Crippen LogP contribution is 2.67. The molecule has 1 spiro atoms. The number of nitrogens with zero attached hydrogens (tertiary/aromatic N) is 3. The van der Waals surface area contributed by atoms with Crippen LogP contribution in [-0.2, 0) is 6.42 Å². The van der Waals surface area contributed by atoms with E-state index in [1.807, 2.05) is 31.2 Å². The van der Waals surface area contributed by atoms with Gasteiger partial charge in [0.15, 0.2) is 17.3 Å². The number of amides is 2. The zero-order valence-corrected chi connectivity index (χ0v) is 21.6. The fourth-order valence-corrected chi connectivity index (χ4v) is 7.09.